The average Bonchev–Trinajstić information content (AvgIpc) is 2.78. The minimum Gasteiger partial charge on any atom is -0.444 e. The van der Waals surface area contributed by atoms with Crippen molar-refractivity contribution in [3.8, 4) is 11.3 Å². The first kappa shape index (κ1) is 23.8. The molecule has 1 fully saturated rings. The molecule has 2 aromatic heterocycles. The van der Waals surface area contributed by atoms with Crippen molar-refractivity contribution in [1.29, 1.82) is 0 Å². The van der Waals surface area contributed by atoms with E-state index >= 15 is 0 Å². The molecule has 180 valence electrons. The van der Waals surface area contributed by atoms with Gasteiger partial charge >= 0.3 is 6.09 Å². The Hall–Kier alpha value is -3.36. The standard InChI is InChI=1S/C25H29F2N5O2/c1-15-9-10-17(19(13-15)22(26)27)20-18-8-5-11-28-21(18)23(31-30-20)29-16-7-6-12-32(14-16)24(33)34-25(2,3)4/h5,8-11,13,16,22H,6-7,12,14H2,1-4H3,(H,29,31)/t16-/m1/s1. The third-order valence-electron chi connectivity index (χ3n) is 5.65. The summed E-state index contributed by atoms with van der Waals surface area (Å²) in [6.07, 6.45) is 0.305. The van der Waals surface area contributed by atoms with Crippen LogP contribution in [0.1, 0.15) is 51.2 Å². The summed E-state index contributed by atoms with van der Waals surface area (Å²) in [4.78, 5) is 18.7. The highest BCUT2D eigenvalue weighted by molar-refractivity contribution is 5.98. The highest BCUT2D eigenvalue weighted by Gasteiger charge is 2.28. The van der Waals surface area contributed by atoms with E-state index in [9.17, 15) is 13.6 Å². The fraction of sp³-hybridized carbons (Fsp3) is 0.440. The van der Waals surface area contributed by atoms with E-state index in [1.807, 2.05) is 20.8 Å². The zero-order valence-corrected chi connectivity index (χ0v) is 19.8. The van der Waals surface area contributed by atoms with Gasteiger partial charge in [0.2, 0.25) is 0 Å². The Morgan fingerprint density at radius 2 is 2.03 bits per heavy atom. The molecule has 0 aliphatic carbocycles. The molecule has 0 saturated carbocycles. The summed E-state index contributed by atoms with van der Waals surface area (Å²) in [5.41, 5.74) is 1.35. The van der Waals surface area contributed by atoms with Crippen molar-refractivity contribution in [2.45, 2.75) is 58.6 Å². The minimum atomic E-state index is -2.64. The van der Waals surface area contributed by atoms with Crippen LogP contribution in [0, 0.1) is 6.92 Å². The summed E-state index contributed by atoms with van der Waals surface area (Å²) in [5.74, 6) is 0.459. The van der Waals surface area contributed by atoms with Gasteiger partial charge in [-0.25, -0.2) is 13.6 Å². The van der Waals surface area contributed by atoms with Crippen LogP contribution < -0.4 is 5.32 Å². The number of nitrogens with zero attached hydrogens (tertiary/aromatic N) is 4. The monoisotopic (exact) mass is 469 g/mol. The van der Waals surface area contributed by atoms with Crippen LogP contribution in [0.4, 0.5) is 19.4 Å². The van der Waals surface area contributed by atoms with Crippen LogP contribution in [0.5, 0.6) is 0 Å². The number of benzene rings is 1. The summed E-state index contributed by atoms with van der Waals surface area (Å²) in [5, 5.41) is 12.6. The summed E-state index contributed by atoms with van der Waals surface area (Å²) in [7, 11) is 0. The van der Waals surface area contributed by atoms with Gasteiger partial charge in [-0.05, 0) is 58.7 Å². The van der Waals surface area contributed by atoms with E-state index in [4.69, 9.17) is 4.74 Å². The normalized spacial score (nSPS) is 16.7. The Bertz CT molecular complexity index is 1200. The van der Waals surface area contributed by atoms with Crippen LogP contribution >= 0.6 is 0 Å². The molecule has 9 heteroatoms. The zero-order chi connectivity index (χ0) is 24.5. The maximum atomic E-state index is 13.8. The molecular formula is C25H29F2N5O2. The number of alkyl halides is 2. The van der Waals surface area contributed by atoms with Crippen molar-refractivity contribution in [2.24, 2.45) is 0 Å². The lowest BCUT2D eigenvalue weighted by molar-refractivity contribution is 0.0206. The molecule has 0 bridgehead atoms. The van der Waals surface area contributed by atoms with E-state index in [1.165, 1.54) is 6.07 Å². The second-order valence-electron chi connectivity index (χ2n) is 9.60. The largest absolute Gasteiger partial charge is 0.444 e. The maximum Gasteiger partial charge on any atom is 0.410 e. The number of carbonyl (C=O) groups is 1. The number of amides is 1. The van der Waals surface area contributed by atoms with E-state index in [1.54, 1.807) is 42.3 Å². The van der Waals surface area contributed by atoms with Crippen molar-refractivity contribution < 1.29 is 18.3 Å². The number of piperidine rings is 1. The van der Waals surface area contributed by atoms with E-state index in [0.717, 1.165) is 18.4 Å². The molecule has 1 saturated heterocycles. The van der Waals surface area contributed by atoms with Crippen molar-refractivity contribution in [1.82, 2.24) is 20.1 Å². The predicted octanol–water partition coefficient (Wildman–Crippen LogP) is 5.75. The fourth-order valence-corrected chi connectivity index (χ4v) is 4.14. The van der Waals surface area contributed by atoms with E-state index in [0.29, 0.717) is 41.1 Å². The average molecular weight is 470 g/mol. The van der Waals surface area contributed by atoms with Gasteiger partial charge in [-0.15, -0.1) is 10.2 Å². The second kappa shape index (κ2) is 9.48. The molecule has 1 amide bonds. The molecule has 1 aliphatic rings. The first-order valence-corrected chi connectivity index (χ1v) is 11.4. The Morgan fingerprint density at radius 1 is 1.24 bits per heavy atom. The number of aryl methyl sites for hydroxylation is 1. The number of likely N-dealkylation sites (tertiary alicyclic amines) is 1. The Labute approximate surface area is 197 Å². The molecule has 1 N–H and O–H groups in total. The summed E-state index contributed by atoms with van der Waals surface area (Å²) < 4.78 is 33.0. The van der Waals surface area contributed by atoms with Crippen LogP contribution in [0.3, 0.4) is 0 Å². The number of hydrogen-bond donors (Lipinski definition) is 1. The molecule has 1 atom stereocenters. The molecular weight excluding hydrogens is 440 g/mol. The van der Waals surface area contributed by atoms with Gasteiger partial charge in [-0.3, -0.25) is 4.98 Å². The Morgan fingerprint density at radius 3 is 2.76 bits per heavy atom. The number of halogens is 2. The number of rotatable bonds is 4. The molecule has 7 nitrogen and oxygen atoms in total. The third kappa shape index (κ3) is 5.24. The molecule has 3 heterocycles. The van der Waals surface area contributed by atoms with Crippen molar-refractivity contribution in [3.63, 3.8) is 0 Å². The molecule has 0 unspecified atom stereocenters. The van der Waals surface area contributed by atoms with Crippen molar-refractivity contribution in [3.05, 3.63) is 47.7 Å². The highest BCUT2D eigenvalue weighted by atomic mass is 19.3. The number of carbonyl (C=O) groups excluding carboxylic acids is 1. The van der Waals surface area contributed by atoms with Crippen LogP contribution in [0.15, 0.2) is 36.5 Å². The second-order valence-corrected chi connectivity index (χ2v) is 9.60. The van der Waals surface area contributed by atoms with Crippen molar-refractivity contribution >= 4 is 22.8 Å². The van der Waals surface area contributed by atoms with Crippen molar-refractivity contribution in [2.75, 3.05) is 18.4 Å². The molecule has 1 aliphatic heterocycles. The minimum absolute atomic E-state index is 0.0670. The smallest absolute Gasteiger partial charge is 0.410 e. The van der Waals surface area contributed by atoms with E-state index in [-0.39, 0.29) is 17.7 Å². The maximum absolute atomic E-state index is 13.8. The van der Waals surface area contributed by atoms with Gasteiger partial charge in [-0.2, -0.15) is 0 Å². The first-order valence-electron chi connectivity index (χ1n) is 11.4. The van der Waals surface area contributed by atoms with Gasteiger partial charge in [0.15, 0.2) is 5.82 Å². The summed E-state index contributed by atoms with van der Waals surface area (Å²) in [6, 6.07) is 8.40. The number of fused-ring (bicyclic) bond motifs is 1. The van der Waals surface area contributed by atoms with Gasteiger partial charge < -0.3 is 15.0 Å². The van der Waals surface area contributed by atoms with Gasteiger partial charge in [0.1, 0.15) is 16.8 Å². The summed E-state index contributed by atoms with van der Waals surface area (Å²) in [6.45, 7) is 8.38. The SMILES string of the molecule is Cc1ccc(-c2nnc(N[C@@H]3CCCN(C(=O)OC(C)(C)C)C3)c3ncccc23)c(C(F)F)c1. The lowest BCUT2D eigenvalue weighted by Crippen LogP contribution is -2.47. The van der Waals surface area contributed by atoms with Crippen LogP contribution in [-0.2, 0) is 4.74 Å². The fourth-order valence-electron chi connectivity index (χ4n) is 4.14. The van der Waals surface area contributed by atoms with Crippen LogP contribution in [0.2, 0.25) is 0 Å². The zero-order valence-electron chi connectivity index (χ0n) is 19.8. The topological polar surface area (TPSA) is 80.2 Å². The molecule has 0 radical (unpaired) electrons. The van der Waals surface area contributed by atoms with Gasteiger partial charge in [0.25, 0.3) is 6.43 Å². The number of ether oxygens (including phenoxy) is 1. The third-order valence-corrected chi connectivity index (χ3v) is 5.65. The molecule has 4 rings (SSSR count). The van der Waals surface area contributed by atoms with Crippen LogP contribution in [-0.4, -0.2) is 50.9 Å². The first-order chi connectivity index (χ1) is 16.1. The number of aromatic nitrogens is 3. The number of anilines is 1. The number of nitrogens with one attached hydrogen (secondary N) is 1. The predicted molar refractivity (Wildman–Crippen MR) is 127 cm³/mol. The van der Waals surface area contributed by atoms with Gasteiger partial charge in [0, 0.05) is 41.8 Å². The van der Waals surface area contributed by atoms with Gasteiger partial charge in [0.05, 0.1) is 0 Å². The molecule has 1 aromatic carbocycles. The van der Waals surface area contributed by atoms with Gasteiger partial charge in [-0.1, -0.05) is 17.7 Å². The lowest BCUT2D eigenvalue weighted by Gasteiger charge is -2.34. The Balaban J connectivity index is 1.63. The molecule has 0 spiro atoms. The van der Waals surface area contributed by atoms with Crippen LogP contribution in [0.25, 0.3) is 22.2 Å². The van der Waals surface area contributed by atoms with E-state index < -0.39 is 12.0 Å². The highest BCUT2D eigenvalue weighted by Crippen LogP contribution is 2.35. The number of hydrogen-bond acceptors (Lipinski definition) is 6. The lowest BCUT2D eigenvalue weighted by atomic mass is 9.99. The number of pyridine rings is 1. The Kier molecular flexibility index (Phi) is 6.63. The quantitative estimate of drug-likeness (QED) is 0.524. The molecule has 34 heavy (non-hydrogen) atoms. The molecule has 3 aromatic rings. The van der Waals surface area contributed by atoms with E-state index in [2.05, 4.69) is 20.5 Å². The summed E-state index contributed by atoms with van der Waals surface area (Å²) >= 11 is 0.